The monoisotopic (exact) mass is 333 g/mol. The van der Waals surface area contributed by atoms with E-state index in [2.05, 4.69) is 25.1 Å². The van der Waals surface area contributed by atoms with E-state index in [4.69, 9.17) is 23.8 Å². The number of halogens is 1. The summed E-state index contributed by atoms with van der Waals surface area (Å²) in [5.41, 5.74) is 0.838. The first-order chi connectivity index (χ1) is 10.7. The fourth-order valence-electron chi connectivity index (χ4n) is 2.35. The Bertz CT molecular complexity index is 643. The van der Waals surface area contributed by atoms with Crippen LogP contribution in [0.2, 0.25) is 5.02 Å². The molecule has 5 nitrogen and oxygen atoms in total. The minimum atomic E-state index is 0.669. The standard InChI is InChI=1S/C15H16ClN5S/c16-12-3-1-2-4-13(12)19-15(22)21-9-7-20(8-10-21)14-11-17-5-6-18-14/h1-6,11H,7-10H2,(H,19,22). The predicted octanol–water partition coefficient (Wildman–Crippen LogP) is 2.65. The van der Waals surface area contributed by atoms with Crippen LogP contribution in [0.3, 0.4) is 0 Å². The number of nitrogens with one attached hydrogen (secondary N) is 1. The Morgan fingerprint density at radius 3 is 2.59 bits per heavy atom. The molecule has 1 fully saturated rings. The molecule has 0 bridgehead atoms. The third-order valence-electron chi connectivity index (χ3n) is 3.56. The van der Waals surface area contributed by atoms with Gasteiger partial charge in [0.2, 0.25) is 0 Å². The van der Waals surface area contributed by atoms with Gasteiger partial charge in [0.15, 0.2) is 5.11 Å². The molecule has 114 valence electrons. The van der Waals surface area contributed by atoms with Crippen molar-refractivity contribution in [2.75, 3.05) is 36.4 Å². The maximum absolute atomic E-state index is 6.15. The van der Waals surface area contributed by atoms with E-state index in [1.165, 1.54) is 0 Å². The van der Waals surface area contributed by atoms with Crippen LogP contribution < -0.4 is 10.2 Å². The Morgan fingerprint density at radius 1 is 1.14 bits per heavy atom. The second-order valence-corrected chi connectivity index (χ2v) is 5.74. The highest BCUT2D eigenvalue weighted by molar-refractivity contribution is 7.80. The highest BCUT2D eigenvalue weighted by Gasteiger charge is 2.20. The Labute approximate surface area is 139 Å². The molecule has 0 unspecified atom stereocenters. The molecule has 22 heavy (non-hydrogen) atoms. The summed E-state index contributed by atoms with van der Waals surface area (Å²) in [4.78, 5) is 12.8. The lowest BCUT2D eigenvalue weighted by Crippen LogP contribution is -2.50. The van der Waals surface area contributed by atoms with Gasteiger partial charge in [-0.2, -0.15) is 0 Å². The normalized spacial score (nSPS) is 14.8. The lowest BCUT2D eigenvalue weighted by Gasteiger charge is -2.36. The van der Waals surface area contributed by atoms with Crippen molar-refractivity contribution in [3.63, 3.8) is 0 Å². The molecule has 1 aliphatic heterocycles. The number of hydrogen-bond donors (Lipinski definition) is 1. The maximum atomic E-state index is 6.15. The number of nitrogens with zero attached hydrogens (tertiary/aromatic N) is 4. The predicted molar refractivity (Wildman–Crippen MR) is 93.5 cm³/mol. The SMILES string of the molecule is S=C(Nc1ccccc1Cl)N1CCN(c2cnccn2)CC1. The number of anilines is 2. The lowest BCUT2D eigenvalue weighted by atomic mass is 10.3. The number of piperazine rings is 1. The van der Waals surface area contributed by atoms with Crippen LogP contribution in [-0.4, -0.2) is 46.2 Å². The molecule has 0 spiro atoms. The topological polar surface area (TPSA) is 44.3 Å². The van der Waals surface area contributed by atoms with Crippen molar-refractivity contribution in [3.05, 3.63) is 47.9 Å². The molecule has 1 aliphatic rings. The lowest BCUT2D eigenvalue weighted by molar-refractivity contribution is 0.389. The van der Waals surface area contributed by atoms with Crippen molar-refractivity contribution in [1.82, 2.24) is 14.9 Å². The van der Waals surface area contributed by atoms with Crippen LogP contribution >= 0.6 is 23.8 Å². The largest absolute Gasteiger partial charge is 0.352 e. The van der Waals surface area contributed by atoms with Gasteiger partial charge in [-0.25, -0.2) is 4.98 Å². The number of aromatic nitrogens is 2. The summed E-state index contributed by atoms with van der Waals surface area (Å²) in [6, 6.07) is 7.60. The van der Waals surface area contributed by atoms with Crippen molar-refractivity contribution in [2.24, 2.45) is 0 Å². The van der Waals surface area contributed by atoms with Gasteiger partial charge in [0.05, 0.1) is 16.9 Å². The molecule has 0 radical (unpaired) electrons. The Hall–Kier alpha value is -1.92. The van der Waals surface area contributed by atoms with Crippen molar-refractivity contribution >= 4 is 40.4 Å². The number of para-hydroxylation sites is 1. The average Bonchev–Trinajstić information content (AvgIpc) is 2.58. The van der Waals surface area contributed by atoms with E-state index in [-0.39, 0.29) is 0 Å². The molecule has 7 heteroatoms. The first-order valence-electron chi connectivity index (χ1n) is 7.05. The molecule has 2 aromatic rings. The van der Waals surface area contributed by atoms with Crippen LogP contribution in [0.25, 0.3) is 0 Å². The summed E-state index contributed by atoms with van der Waals surface area (Å²) >= 11 is 11.6. The molecule has 2 heterocycles. The van der Waals surface area contributed by atoms with E-state index >= 15 is 0 Å². The van der Waals surface area contributed by atoms with E-state index in [9.17, 15) is 0 Å². The maximum Gasteiger partial charge on any atom is 0.173 e. The quantitative estimate of drug-likeness (QED) is 0.852. The molecule has 0 saturated carbocycles. The third-order valence-corrected chi connectivity index (χ3v) is 4.25. The van der Waals surface area contributed by atoms with Crippen LogP contribution in [0.15, 0.2) is 42.9 Å². The molecule has 0 atom stereocenters. The molecule has 1 saturated heterocycles. The summed E-state index contributed by atoms with van der Waals surface area (Å²) in [7, 11) is 0. The number of rotatable bonds is 2. The van der Waals surface area contributed by atoms with Gasteiger partial charge in [0, 0.05) is 38.6 Å². The Morgan fingerprint density at radius 2 is 1.91 bits per heavy atom. The molecular weight excluding hydrogens is 318 g/mol. The van der Waals surface area contributed by atoms with Gasteiger partial charge in [0.1, 0.15) is 5.82 Å². The van der Waals surface area contributed by atoms with E-state index < -0.39 is 0 Å². The van der Waals surface area contributed by atoms with E-state index in [1.807, 2.05) is 24.3 Å². The zero-order valence-electron chi connectivity index (χ0n) is 11.9. The highest BCUT2D eigenvalue weighted by Crippen LogP contribution is 2.21. The fraction of sp³-hybridized carbons (Fsp3) is 0.267. The number of thiocarbonyl (C=S) groups is 1. The first-order valence-corrected chi connectivity index (χ1v) is 7.84. The van der Waals surface area contributed by atoms with Gasteiger partial charge < -0.3 is 15.1 Å². The van der Waals surface area contributed by atoms with Gasteiger partial charge in [-0.15, -0.1) is 0 Å². The molecule has 1 aromatic carbocycles. The minimum absolute atomic E-state index is 0.669. The molecule has 1 aromatic heterocycles. The average molecular weight is 334 g/mol. The highest BCUT2D eigenvalue weighted by atomic mass is 35.5. The van der Waals surface area contributed by atoms with Gasteiger partial charge >= 0.3 is 0 Å². The first kappa shape index (κ1) is 15.0. The summed E-state index contributed by atoms with van der Waals surface area (Å²) in [6.45, 7) is 3.41. The van der Waals surface area contributed by atoms with Crippen molar-refractivity contribution in [1.29, 1.82) is 0 Å². The van der Waals surface area contributed by atoms with Crippen LogP contribution in [0, 0.1) is 0 Å². The Kier molecular flexibility index (Phi) is 4.70. The van der Waals surface area contributed by atoms with Gasteiger partial charge in [-0.05, 0) is 24.4 Å². The van der Waals surface area contributed by atoms with E-state index in [1.54, 1.807) is 18.6 Å². The van der Waals surface area contributed by atoms with Crippen LogP contribution in [0.1, 0.15) is 0 Å². The second-order valence-electron chi connectivity index (χ2n) is 4.95. The van der Waals surface area contributed by atoms with Crippen molar-refractivity contribution < 1.29 is 0 Å². The Balaban J connectivity index is 1.57. The summed E-state index contributed by atoms with van der Waals surface area (Å²) in [6.07, 6.45) is 5.18. The summed E-state index contributed by atoms with van der Waals surface area (Å²) in [5, 5.41) is 4.58. The minimum Gasteiger partial charge on any atom is -0.352 e. The molecular formula is C15H16ClN5S. The van der Waals surface area contributed by atoms with Crippen molar-refractivity contribution in [3.8, 4) is 0 Å². The van der Waals surface area contributed by atoms with Crippen molar-refractivity contribution in [2.45, 2.75) is 0 Å². The third kappa shape index (κ3) is 3.45. The smallest absolute Gasteiger partial charge is 0.173 e. The van der Waals surface area contributed by atoms with E-state index in [0.29, 0.717) is 10.1 Å². The van der Waals surface area contributed by atoms with Crippen LogP contribution in [-0.2, 0) is 0 Å². The fourth-order valence-corrected chi connectivity index (χ4v) is 2.83. The molecule has 0 amide bonds. The van der Waals surface area contributed by atoms with E-state index in [0.717, 1.165) is 37.7 Å². The van der Waals surface area contributed by atoms with Crippen LogP contribution in [0.5, 0.6) is 0 Å². The number of hydrogen-bond acceptors (Lipinski definition) is 4. The summed E-state index contributed by atoms with van der Waals surface area (Å²) in [5.74, 6) is 0.909. The zero-order chi connectivity index (χ0) is 15.4. The zero-order valence-corrected chi connectivity index (χ0v) is 13.5. The molecule has 1 N–H and O–H groups in total. The van der Waals surface area contributed by atoms with Gasteiger partial charge in [0.25, 0.3) is 0 Å². The number of benzene rings is 1. The van der Waals surface area contributed by atoms with Crippen LogP contribution in [0.4, 0.5) is 11.5 Å². The second kappa shape index (κ2) is 6.89. The summed E-state index contributed by atoms with van der Waals surface area (Å²) < 4.78 is 0. The molecule has 3 rings (SSSR count). The molecule has 0 aliphatic carbocycles. The van der Waals surface area contributed by atoms with Gasteiger partial charge in [-0.1, -0.05) is 23.7 Å². The van der Waals surface area contributed by atoms with Gasteiger partial charge in [-0.3, -0.25) is 4.98 Å².